The minimum absolute atomic E-state index is 0.736. The Hall–Kier alpha value is -2.59. The second kappa shape index (κ2) is 8.68. The third-order valence-electron chi connectivity index (χ3n) is 4.00. The number of nitrogens with one attached hydrogen (secondary N) is 2. The highest BCUT2D eigenvalue weighted by atomic mass is 35.5. The van der Waals surface area contributed by atoms with Crippen LogP contribution in [0.2, 0.25) is 5.02 Å². The number of rotatable bonds is 7. The molecule has 4 nitrogen and oxygen atoms in total. The van der Waals surface area contributed by atoms with E-state index >= 15 is 0 Å². The van der Waals surface area contributed by atoms with Gasteiger partial charge in [-0.2, -0.15) is 0 Å². The summed E-state index contributed by atoms with van der Waals surface area (Å²) < 4.78 is 0. The molecule has 0 unspecified atom stereocenters. The molecular weight excluding hydrogens is 344 g/mol. The second-order valence-corrected chi connectivity index (χ2v) is 6.77. The van der Waals surface area contributed by atoms with Gasteiger partial charge in [0, 0.05) is 24.2 Å². The van der Waals surface area contributed by atoms with E-state index in [4.69, 9.17) is 11.6 Å². The van der Waals surface area contributed by atoms with Gasteiger partial charge >= 0.3 is 0 Å². The first-order valence-electron chi connectivity index (χ1n) is 8.72. The number of hydrogen-bond acceptors (Lipinski definition) is 4. The van der Waals surface area contributed by atoms with Crippen molar-refractivity contribution >= 4 is 23.2 Å². The number of hydrogen-bond donors (Lipinski definition) is 2. The smallest absolute Gasteiger partial charge is 0.132 e. The Morgan fingerprint density at radius 2 is 1.58 bits per heavy atom. The van der Waals surface area contributed by atoms with E-state index in [2.05, 4.69) is 57.9 Å². The lowest BCUT2D eigenvalue weighted by molar-refractivity contribution is 0.975. The Morgan fingerprint density at radius 1 is 0.846 bits per heavy atom. The highest BCUT2D eigenvalue weighted by Crippen LogP contribution is 2.14. The minimum atomic E-state index is 0.736. The van der Waals surface area contributed by atoms with E-state index in [-0.39, 0.29) is 0 Å². The second-order valence-electron chi connectivity index (χ2n) is 6.33. The number of aryl methyl sites for hydroxylation is 2. The molecule has 0 fully saturated rings. The Balaban J connectivity index is 1.58. The van der Waals surface area contributed by atoms with Crippen molar-refractivity contribution < 1.29 is 0 Å². The summed E-state index contributed by atoms with van der Waals surface area (Å²) in [7, 11) is 0. The molecule has 134 valence electrons. The molecule has 0 aliphatic carbocycles. The molecule has 2 N–H and O–H groups in total. The van der Waals surface area contributed by atoms with Gasteiger partial charge in [0.05, 0.1) is 0 Å². The van der Waals surface area contributed by atoms with Crippen LogP contribution in [-0.2, 0) is 13.0 Å². The van der Waals surface area contributed by atoms with Gasteiger partial charge in [-0.15, -0.1) is 0 Å². The lowest BCUT2D eigenvalue weighted by Crippen LogP contribution is -2.09. The number of aromatic nitrogens is 2. The van der Waals surface area contributed by atoms with E-state index in [1.54, 1.807) is 0 Å². The van der Waals surface area contributed by atoms with Gasteiger partial charge in [0.1, 0.15) is 17.5 Å². The van der Waals surface area contributed by atoms with E-state index in [1.807, 2.05) is 31.2 Å². The predicted octanol–water partition coefficient (Wildman–Crippen LogP) is 5.01. The van der Waals surface area contributed by atoms with Crippen LogP contribution in [0, 0.1) is 13.8 Å². The number of benzene rings is 2. The summed E-state index contributed by atoms with van der Waals surface area (Å²) in [4.78, 5) is 8.93. The van der Waals surface area contributed by atoms with Crippen molar-refractivity contribution in [2.45, 2.75) is 26.8 Å². The molecule has 0 atom stereocenters. The van der Waals surface area contributed by atoms with Gasteiger partial charge in [-0.05, 0) is 43.5 Å². The van der Waals surface area contributed by atoms with Crippen LogP contribution in [0.4, 0.5) is 11.6 Å². The summed E-state index contributed by atoms with van der Waals surface area (Å²) in [5, 5.41) is 7.51. The predicted molar refractivity (Wildman–Crippen MR) is 109 cm³/mol. The van der Waals surface area contributed by atoms with E-state index in [9.17, 15) is 0 Å². The molecule has 0 saturated carbocycles. The lowest BCUT2D eigenvalue weighted by Gasteiger charge is -2.11. The van der Waals surface area contributed by atoms with E-state index in [1.165, 1.54) is 16.7 Å². The Morgan fingerprint density at radius 3 is 2.35 bits per heavy atom. The average molecular weight is 367 g/mol. The number of halogens is 1. The molecule has 0 amide bonds. The van der Waals surface area contributed by atoms with Crippen molar-refractivity contribution in [2.24, 2.45) is 0 Å². The zero-order valence-corrected chi connectivity index (χ0v) is 15.8. The van der Waals surface area contributed by atoms with Gasteiger partial charge in [0.25, 0.3) is 0 Å². The maximum Gasteiger partial charge on any atom is 0.132 e. The molecule has 0 saturated heterocycles. The van der Waals surface area contributed by atoms with Crippen molar-refractivity contribution in [1.82, 2.24) is 9.97 Å². The van der Waals surface area contributed by atoms with Crippen molar-refractivity contribution in [2.75, 3.05) is 17.2 Å². The number of nitrogens with zero attached hydrogens (tertiary/aromatic N) is 2. The molecule has 0 spiro atoms. The maximum atomic E-state index is 6.03. The highest BCUT2D eigenvalue weighted by molar-refractivity contribution is 6.30. The summed E-state index contributed by atoms with van der Waals surface area (Å²) in [6.07, 6.45) is 0.885. The topological polar surface area (TPSA) is 49.8 Å². The first-order chi connectivity index (χ1) is 12.6. The summed E-state index contributed by atoms with van der Waals surface area (Å²) in [6.45, 7) is 5.52. The zero-order valence-electron chi connectivity index (χ0n) is 15.1. The van der Waals surface area contributed by atoms with Crippen LogP contribution >= 0.6 is 11.6 Å². The summed E-state index contributed by atoms with van der Waals surface area (Å²) in [5.41, 5.74) is 3.69. The van der Waals surface area contributed by atoms with Crippen LogP contribution in [0.1, 0.15) is 22.5 Å². The zero-order chi connectivity index (χ0) is 18.4. The normalized spacial score (nSPS) is 10.6. The first-order valence-corrected chi connectivity index (χ1v) is 9.10. The van der Waals surface area contributed by atoms with E-state index < -0.39 is 0 Å². The fourth-order valence-electron chi connectivity index (χ4n) is 2.79. The fraction of sp³-hybridized carbons (Fsp3) is 0.238. The molecule has 26 heavy (non-hydrogen) atoms. The minimum Gasteiger partial charge on any atom is -0.370 e. The van der Waals surface area contributed by atoms with Crippen LogP contribution in [0.15, 0.2) is 54.6 Å². The van der Waals surface area contributed by atoms with Crippen molar-refractivity contribution in [1.29, 1.82) is 0 Å². The first kappa shape index (κ1) is 18.2. The summed E-state index contributed by atoms with van der Waals surface area (Å²) >= 11 is 6.03. The molecule has 3 rings (SSSR count). The largest absolute Gasteiger partial charge is 0.370 e. The molecule has 2 aromatic carbocycles. The quantitative estimate of drug-likeness (QED) is 0.616. The molecule has 0 aliphatic heterocycles. The third-order valence-corrected chi connectivity index (χ3v) is 4.24. The van der Waals surface area contributed by atoms with Crippen LogP contribution in [0.5, 0.6) is 0 Å². The van der Waals surface area contributed by atoms with Crippen LogP contribution in [0.25, 0.3) is 0 Å². The maximum absolute atomic E-state index is 6.03. The summed E-state index contributed by atoms with van der Waals surface area (Å²) in [6, 6.07) is 18.3. The SMILES string of the molecule is Cc1cccc(CNc2cc(NCCc3cccc(Cl)c3)nc(C)n2)c1. The van der Waals surface area contributed by atoms with Gasteiger partial charge in [-0.1, -0.05) is 53.6 Å². The van der Waals surface area contributed by atoms with Crippen LogP contribution < -0.4 is 10.6 Å². The van der Waals surface area contributed by atoms with Crippen molar-refractivity contribution in [3.05, 3.63) is 82.1 Å². The van der Waals surface area contributed by atoms with E-state index in [0.717, 1.165) is 42.0 Å². The Kier molecular flexibility index (Phi) is 6.08. The van der Waals surface area contributed by atoms with Crippen molar-refractivity contribution in [3.8, 4) is 0 Å². The molecule has 0 bridgehead atoms. The van der Waals surface area contributed by atoms with Gasteiger partial charge in [0.2, 0.25) is 0 Å². The molecule has 5 heteroatoms. The number of anilines is 2. The molecule has 1 aromatic heterocycles. The fourth-order valence-corrected chi connectivity index (χ4v) is 3.00. The van der Waals surface area contributed by atoms with Gasteiger partial charge in [-0.3, -0.25) is 0 Å². The molecular formula is C21H23ClN4. The molecule has 1 heterocycles. The van der Waals surface area contributed by atoms with Crippen LogP contribution in [0.3, 0.4) is 0 Å². The Labute approximate surface area is 159 Å². The standard InChI is InChI=1S/C21H23ClN4/c1-15-5-3-7-18(11-15)14-24-21-13-20(25-16(2)26-21)23-10-9-17-6-4-8-19(22)12-17/h3-8,11-13H,9-10,14H2,1-2H3,(H2,23,24,25,26). The van der Waals surface area contributed by atoms with Gasteiger partial charge < -0.3 is 10.6 Å². The van der Waals surface area contributed by atoms with Gasteiger partial charge in [-0.25, -0.2) is 9.97 Å². The Bertz CT molecular complexity index is 879. The summed E-state index contributed by atoms with van der Waals surface area (Å²) in [5.74, 6) is 2.39. The lowest BCUT2D eigenvalue weighted by atomic mass is 10.1. The molecule has 0 radical (unpaired) electrons. The van der Waals surface area contributed by atoms with Gasteiger partial charge in [0.15, 0.2) is 0 Å². The monoisotopic (exact) mass is 366 g/mol. The molecule has 0 aliphatic rings. The molecule has 3 aromatic rings. The van der Waals surface area contributed by atoms with E-state index in [0.29, 0.717) is 0 Å². The average Bonchev–Trinajstić information content (AvgIpc) is 2.60. The third kappa shape index (κ3) is 5.46. The van der Waals surface area contributed by atoms with Crippen molar-refractivity contribution in [3.63, 3.8) is 0 Å². The van der Waals surface area contributed by atoms with Crippen LogP contribution in [-0.4, -0.2) is 16.5 Å². The highest BCUT2D eigenvalue weighted by Gasteiger charge is 2.03.